The Bertz CT molecular complexity index is 616. The van der Waals surface area contributed by atoms with Crippen molar-refractivity contribution < 1.29 is 9.53 Å². The smallest absolute Gasteiger partial charge is 0.259 e. The van der Waals surface area contributed by atoms with E-state index in [0.29, 0.717) is 22.6 Å². The predicted molar refractivity (Wildman–Crippen MR) is 81.7 cm³/mol. The van der Waals surface area contributed by atoms with Crippen molar-refractivity contribution in [3.05, 3.63) is 47.5 Å². The Hall–Kier alpha value is -2.43. The molecule has 110 valence electrons. The molecular weight excluding hydrogens is 266 g/mol. The molecule has 5 heteroatoms. The lowest BCUT2D eigenvalue weighted by atomic mass is 10.1. The summed E-state index contributed by atoms with van der Waals surface area (Å²) >= 11 is 0. The highest BCUT2D eigenvalue weighted by molar-refractivity contribution is 6.05. The highest BCUT2D eigenvalue weighted by Crippen LogP contribution is 2.18. The quantitative estimate of drug-likeness (QED) is 0.937. The SMILES string of the molecule is Cc1ncnc(C)c1C(=O)Nc1ccc(OC(C)C)cc1. The van der Waals surface area contributed by atoms with E-state index in [9.17, 15) is 4.79 Å². The van der Waals surface area contributed by atoms with E-state index in [4.69, 9.17) is 4.74 Å². The molecule has 0 aliphatic heterocycles. The Labute approximate surface area is 124 Å². The molecule has 0 atom stereocenters. The Kier molecular flexibility index (Phi) is 4.52. The Morgan fingerprint density at radius 2 is 1.67 bits per heavy atom. The monoisotopic (exact) mass is 285 g/mol. The minimum atomic E-state index is -0.205. The number of carbonyl (C=O) groups is 1. The molecule has 0 fully saturated rings. The van der Waals surface area contributed by atoms with Gasteiger partial charge in [-0.2, -0.15) is 0 Å². The number of carbonyl (C=O) groups excluding carboxylic acids is 1. The van der Waals surface area contributed by atoms with Gasteiger partial charge >= 0.3 is 0 Å². The van der Waals surface area contributed by atoms with Gasteiger partial charge in [-0.1, -0.05) is 0 Å². The summed E-state index contributed by atoms with van der Waals surface area (Å²) in [6, 6.07) is 7.28. The average Bonchev–Trinajstić information content (AvgIpc) is 2.40. The number of hydrogen-bond donors (Lipinski definition) is 1. The van der Waals surface area contributed by atoms with Crippen molar-refractivity contribution in [1.29, 1.82) is 0 Å². The van der Waals surface area contributed by atoms with Crippen LogP contribution < -0.4 is 10.1 Å². The molecule has 1 aromatic heterocycles. The van der Waals surface area contributed by atoms with Crippen molar-refractivity contribution in [3.8, 4) is 5.75 Å². The maximum atomic E-state index is 12.3. The molecule has 0 saturated heterocycles. The number of ether oxygens (including phenoxy) is 1. The number of amides is 1. The molecule has 0 aliphatic carbocycles. The number of rotatable bonds is 4. The molecule has 5 nitrogen and oxygen atoms in total. The number of anilines is 1. The van der Waals surface area contributed by atoms with Crippen LogP contribution in [0.15, 0.2) is 30.6 Å². The zero-order chi connectivity index (χ0) is 15.4. The van der Waals surface area contributed by atoms with Crippen LogP contribution in [0.1, 0.15) is 35.6 Å². The summed E-state index contributed by atoms with van der Waals surface area (Å²) in [4.78, 5) is 20.4. The second kappa shape index (κ2) is 6.35. The third-order valence-corrected chi connectivity index (χ3v) is 2.94. The van der Waals surface area contributed by atoms with E-state index < -0.39 is 0 Å². The molecule has 0 radical (unpaired) electrons. The van der Waals surface area contributed by atoms with Crippen molar-refractivity contribution in [2.75, 3.05) is 5.32 Å². The predicted octanol–water partition coefficient (Wildman–Crippen LogP) is 3.13. The first-order valence-corrected chi connectivity index (χ1v) is 6.83. The lowest BCUT2D eigenvalue weighted by molar-refractivity contribution is 0.102. The second-order valence-corrected chi connectivity index (χ2v) is 5.06. The first kappa shape index (κ1) is 15.0. The molecule has 1 N–H and O–H groups in total. The van der Waals surface area contributed by atoms with Crippen molar-refractivity contribution >= 4 is 11.6 Å². The van der Waals surface area contributed by atoms with Gasteiger partial charge in [0.05, 0.1) is 23.1 Å². The van der Waals surface area contributed by atoms with E-state index in [-0.39, 0.29) is 12.0 Å². The first-order valence-electron chi connectivity index (χ1n) is 6.83. The van der Waals surface area contributed by atoms with Crippen LogP contribution in [-0.2, 0) is 0 Å². The van der Waals surface area contributed by atoms with Gasteiger partial charge in [0.25, 0.3) is 5.91 Å². The molecule has 0 spiro atoms. The topological polar surface area (TPSA) is 64.1 Å². The van der Waals surface area contributed by atoms with Crippen LogP contribution in [0.2, 0.25) is 0 Å². The maximum absolute atomic E-state index is 12.3. The number of nitrogens with one attached hydrogen (secondary N) is 1. The lowest BCUT2D eigenvalue weighted by Crippen LogP contribution is -2.16. The summed E-state index contributed by atoms with van der Waals surface area (Å²) in [5.41, 5.74) is 2.55. The van der Waals surface area contributed by atoms with Gasteiger partial charge in [0.2, 0.25) is 0 Å². The number of aromatic nitrogens is 2. The fourth-order valence-corrected chi connectivity index (χ4v) is 2.00. The zero-order valence-electron chi connectivity index (χ0n) is 12.7. The molecule has 0 aliphatic rings. The highest BCUT2D eigenvalue weighted by atomic mass is 16.5. The van der Waals surface area contributed by atoms with Gasteiger partial charge in [0.15, 0.2) is 0 Å². The van der Waals surface area contributed by atoms with Crippen LogP contribution >= 0.6 is 0 Å². The molecular formula is C16H19N3O2. The van der Waals surface area contributed by atoms with Crippen LogP contribution in [0.3, 0.4) is 0 Å². The lowest BCUT2D eigenvalue weighted by Gasteiger charge is -2.11. The summed E-state index contributed by atoms with van der Waals surface area (Å²) in [5, 5.41) is 2.85. The molecule has 0 bridgehead atoms. The maximum Gasteiger partial charge on any atom is 0.259 e. The minimum Gasteiger partial charge on any atom is -0.491 e. The van der Waals surface area contributed by atoms with Gasteiger partial charge in [0, 0.05) is 5.69 Å². The number of aryl methyl sites for hydroxylation is 2. The summed E-state index contributed by atoms with van der Waals surface area (Å²) in [6.07, 6.45) is 1.58. The molecule has 0 saturated carbocycles. The summed E-state index contributed by atoms with van der Waals surface area (Å²) in [5.74, 6) is 0.571. The zero-order valence-corrected chi connectivity index (χ0v) is 12.7. The van der Waals surface area contributed by atoms with E-state index in [1.54, 1.807) is 13.8 Å². The Balaban J connectivity index is 2.13. The van der Waals surface area contributed by atoms with Gasteiger partial charge in [-0.3, -0.25) is 4.79 Å². The molecule has 2 aromatic rings. The van der Waals surface area contributed by atoms with E-state index in [1.807, 2.05) is 38.1 Å². The van der Waals surface area contributed by atoms with Crippen molar-refractivity contribution in [2.45, 2.75) is 33.8 Å². The minimum absolute atomic E-state index is 0.122. The van der Waals surface area contributed by atoms with E-state index in [2.05, 4.69) is 15.3 Å². The van der Waals surface area contributed by atoms with Crippen molar-refractivity contribution in [2.24, 2.45) is 0 Å². The number of nitrogens with zero attached hydrogens (tertiary/aromatic N) is 2. The average molecular weight is 285 g/mol. The van der Waals surface area contributed by atoms with E-state index in [0.717, 1.165) is 5.75 Å². The van der Waals surface area contributed by atoms with E-state index >= 15 is 0 Å². The van der Waals surface area contributed by atoms with Crippen molar-refractivity contribution in [3.63, 3.8) is 0 Å². The normalized spacial score (nSPS) is 10.5. The Morgan fingerprint density at radius 1 is 1.10 bits per heavy atom. The van der Waals surface area contributed by atoms with Gasteiger partial charge in [-0.25, -0.2) is 9.97 Å². The molecule has 2 rings (SSSR count). The molecule has 0 unspecified atom stereocenters. The number of hydrogen-bond acceptors (Lipinski definition) is 4. The largest absolute Gasteiger partial charge is 0.491 e. The fourth-order valence-electron chi connectivity index (χ4n) is 2.00. The molecule has 1 heterocycles. The van der Waals surface area contributed by atoms with Crippen molar-refractivity contribution in [1.82, 2.24) is 9.97 Å². The van der Waals surface area contributed by atoms with Gasteiger partial charge in [0.1, 0.15) is 12.1 Å². The van der Waals surface area contributed by atoms with Gasteiger partial charge in [-0.15, -0.1) is 0 Å². The molecule has 21 heavy (non-hydrogen) atoms. The van der Waals surface area contributed by atoms with Crippen LogP contribution in [0, 0.1) is 13.8 Å². The summed E-state index contributed by atoms with van der Waals surface area (Å²) in [6.45, 7) is 7.53. The standard InChI is InChI=1S/C16H19N3O2/c1-10(2)21-14-7-5-13(6-8-14)19-16(20)15-11(3)17-9-18-12(15)4/h5-10H,1-4H3,(H,19,20). The fraction of sp³-hybridized carbons (Fsp3) is 0.312. The van der Waals surface area contributed by atoms with Crippen LogP contribution in [0.25, 0.3) is 0 Å². The summed E-state index contributed by atoms with van der Waals surface area (Å²) < 4.78 is 5.56. The highest BCUT2D eigenvalue weighted by Gasteiger charge is 2.14. The second-order valence-electron chi connectivity index (χ2n) is 5.06. The molecule has 1 aromatic carbocycles. The first-order chi connectivity index (χ1) is 9.97. The van der Waals surface area contributed by atoms with Gasteiger partial charge in [-0.05, 0) is 52.0 Å². The third-order valence-electron chi connectivity index (χ3n) is 2.94. The van der Waals surface area contributed by atoms with Crippen LogP contribution in [0.5, 0.6) is 5.75 Å². The molecule has 1 amide bonds. The van der Waals surface area contributed by atoms with Crippen LogP contribution in [0.4, 0.5) is 5.69 Å². The summed E-state index contributed by atoms with van der Waals surface area (Å²) in [7, 11) is 0. The Morgan fingerprint density at radius 3 is 2.19 bits per heavy atom. The van der Waals surface area contributed by atoms with E-state index in [1.165, 1.54) is 6.33 Å². The third kappa shape index (κ3) is 3.78. The van der Waals surface area contributed by atoms with Crippen LogP contribution in [-0.4, -0.2) is 22.0 Å². The number of benzene rings is 1. The van der Waals surface area contributed by atoms with Gasteiger partial charge < -0.3 is 10.1 Å².